The molecule has 0 atom stereocenters. The average molecular weight is 449 g/mol. The quantitative estimate of drug-likeness (QED) is 0.472. The van der Waals surface area contributed by atoms with Crippen LogP contribution in [0.1, 0.15) is 5.56 Å². The second-order valence-electron chi connectivity index (χ2n) is 6.35. The van der Waals surface area contributed by atoms with Crippen molar-refractivity contribution in [3.8, 4) is 51.1 Å². The van der Waals surface area contributed by atoms with E-state index in [1.807, 2.05) is 13.0 Å². The van der Waals surface area contributed by atoms with Gasteiger partial charge in [0.25, 0.3) is 0 Å². The van der Waals surface area contributed by atoms with Crippen molar-refractivity contribution in [1.82, 2.24) is 5.16 Å². The summed E-state index contributed by atoms with van der Waals surface area (Å²) in [6.45, 7) is 1.85. The molecule has 1 aromatic heterocycles. The van der Waals surface area contributed by atoms with Crippen LogP contribution in [0.3, 0.4) is 0 Å². The largest absolute Gasteiger partial charge is 0.780 e. The van der Waals surface area contributed by atoms with E-state index in [4.69, 9.17) is 23.5 Å². The number of ether oxygens (including phenoxy) is 4. The van der Waals surface area contributed by atoms with E-state index in [-0.39, 0.29) is 17.2 Å². The summed E-state index contributed by atoms with van der Waals surface area (Å²) < 4.78 is 42.2. The first-order valence-electron chi connectivity index (χ1n) is 8.87. The van der Waals surface area contributed by atoms with Gasteiger partial charge in [0.15, 0.2) is 23.0 Å². The van der Waals surface area contributed by atoms with E-state index in [0.29, 0.717) is 33.9 Å². The monoisotopic (exact) mass is 449 g/mol. The Hall–Kier alpha value is -3.20. The zero-order chi connectivity index (χ0) is 22.8. The molecule has 2 aromatic carbocycles. The topological polar surface area (TPSA) is 135 Å². The summed E-state index contributed by atoms with van der Waals surface area (Å²) in [5.74, 6) is 0.874. The first-order chi connectivity index (χ1) is 14.7. The van der Waals surface area contributed by atoms with Crippen molar-refractivity contribution in [2.75, 3.05) is 28.4 Å². The van der Waals surface area contributed by atoms with Crippen LogP contribution in [-0.2, 0) is 4.57 Å². The standard InChI is InChI=1S/C20H22NO9P/c1-11-6-13(9-15(25-2)19(11)27-4)18-14(10-29-21-18)12-7-16(26-3)20(28-5)17(8-12)30-31(22,23)24/h6-10H,1-5H3,(H2,22,23,24)/p-2. The number of hydrogen-bond acceptors (Lipinski definition) is 10. The minimum atomic E-state index is -5.36. The molecule has 0 bridgehead atoms. The molecular formula is C20H20NO9P-2. The lowest BCUT2D eigenvalue weighted by molar-refractivity contribution is -0.333. The van der Waals surface area contributed by atoms with Crippen LogP contribution >= 0.6 is 7.82 Å². The summed E-state index contributed by atoms with van der Waals surface area (Å²) in [4.78, 5) is 22.4. The molecule has 11 heteroatoms. The third kappa shape index (κ3) is 4.61. The van der Waals surface area contributed by atoms with Gasteiger partial charge in [0.1, 0.15) is 19.8 Å². The Bertz CT molecular complexity index is 1140. The molecule has 0 N–H and O–H groups in total. The molecule has 0 saturated carbocycles. The fraction of sp³-hybridized carbons (Fsp3) is 0.250. The van der Waals surface area contributed by atoms with Crippen LogP contribution in [0.5, 0.6) is 28.7 Å². The number of aryl methyl sites for hydroxylation is 1. The van der Waals surface area contributed by atoms with Crippen LogP contribution < -0.4 is 33.3 Å². The minimum absolute atomic E-state index is 0.0434. The van der Waals surface area contributed by atoms with Gasteiger partial charge in [-0.15, -0.1) is 0 Å². The van der Waals surface area contributed by atoms with Crippen molar-refractivity contribution in [2.45, 2.75) is 6.92 Å². The second kappa shape index (κ2) is 8.89. The van der Waals surface area contributed by atoms with Gasteiger partial charge in [0.05, 0.1) is 28.4 Å². The molecule has 1 heterocycles. The molecule has 3 aromatic rings. The lowest BCUT2D eigenvalue weighted by Gasteiger charge is -2.30. The maximum Gasteiger partial charge on any atom is 0.203 e. The van der Waals surface area contributed by atoms with E-state index >= 15 is 0 Å². The van der Waals surface area contributed by atoms with Gasteiger partial charge < -0.3 is 42.3 Å². The summed E-state index contributed by atoms with van der Waals surface area (Å²) >= 11 is 0. The summed E-state index contributed by atoms with van der Waals surface area (Å²) in [5.41, 5.74) is 2.82. The molecule has 0 aliphatic heterocycles. The maximum absolute atomic E-state index is 11.2. The Morgan fingerprint density at radius 1 is 0.839 bits per heavy atom. The molecule has 31 heavy (non-hydrogen) atoms. The lowest BCUT2D eigenvalue weighted by Crippen LogP contribution is -2.19. The molecule has 0 aliphatic carbocycles. The van der Waals surface area contributed by atoms with E-state index in [1.165, 1.54) is 33.7 Å². The zero-order valence-electron chi connectivity index (χ0n) is 17.5. The highest BCUT2D eigenvalue weighted by molar-refractivity contribution is 7.43. The van der Waals surface area contributed by atoms with E-state index in [0.717, 1.165) is 5.56 Å². The predicted octanol–water partition coefficient (Wildman–Crippen LogP) is 2.56. The summed E-state index contributed by atoms with van der Waals surface area (Å²) in [6, 6.07) is 6.47. The van der Waals surface area contributed by atoms with Crippen LogP contribution in [0, 0.1) is 6.92 Å². The normalized spacial score (nSPS) is 11.2. The van der Waals surface area contributed by atoms with E-state index in [2.05, 4.69) is 9.68 Å². The number of methoxy groups -OCH3 is 4. The average Bonchev–Trinajstić information content (AvgIpc) is 3.21. The number of aromatic nitrogens is 1. The van der Waals surface area contributed by atoms with Crippen LogP contribution in [0.25, 0.3) is 22.4 Å². The van der Waals surface area contributed by atoms with Crippen LogP contribution in [0.2, 0.25) is 0 Å². The van der Waals surface area contributed by atoms with Gasteiger partial charge in [0.2, 0.25) is 5.75 Å². The van der Waals surface area contributed by atoms with E-state index in [9.17, 15) is 14.4 Å². The van der Waals surface area contributed by atoms with E-state index < -0.39 is 7.82 Å². The molecule has 0 radical (unpaired) electrons. The van der Waals surface area contributed by atoms with Gasteiger partial charge in [-0.3, -0.25) is 0 Å². The fourth-order valence-electron chi connectivity index (χ4n) is 3.21. The molecule has 0 saturated heterocycles. The van der Waals surface area contributed by atoms with Gasteiger partial charge in [-0.05, 0) is 42.3 Å². The molecule has 0 aliphatic rings. The zero-order valence-corrected chi connectivity index (χ0v) is 18.3. The number of phosphoric acid groups is 1. The molecule has 0 spiro atoms. The van der Waals surface area contributed by atoms with Crippen LogP contribution in [-0.4, -0.2) is 33.6 Å². The third-order valence-electron chi connectivity index (χ3n) is 4.47. The highest BCUT2D eigenvalue weighted by atomic mass is 31.2. The number of rotatable bonds is 8. The summed E-state index contributed by atoms with van der Waals surface area (Å²) in [7, 11) is 0.369. The molecule has 0 unspecified atom stereocenters. The number of hydrogen-bond donors (Lipinski definition) is 0. The first kappa shape index (κ1) is 22.5. The summed E-state index contributed by atoms with van der Waals surface area (Å²) in [5, 5.41) is 4.07. The Balaban J connectivity index is 2.19. The first-order valence-corrected chi connectivity index (χ1v) is 10.3. The van der Waals surface area contributed by atoms with Gasteiger partial charge in [-0.1, -0.05) is 5.16 Å². The molecular weight excluding hydrogens is 429 g/mol. The highest BCUT2D eigenvalue weighted by Gasteiger charge is 2.21. The Labute approximate surface area is 178 Å². The van der Waals surface area contributed by atoms with E-state index in [1.54, 1.807) is 19.2 Å². The molecule has 0 fully saturated rings. The van der Waals surface area contributed by atoms with Crippen molar-refractivity contribution < 1.29 is 42.3 Å². The third-order valence-corrected chi connectivity index (χ3v) is 4.89. The van der Waals surface area contributed by atoms with Gasteiger partial charge >= 0.3 is 0 Å². The van der Waals surface area contributed by atoms with Gasteiger partial charge in [-0.2, -0.15) is 0 Å². The molecule has 0 amide bonds. The Kier molecular flexibility index (Phi) is 6.45. The maximum atomic E-state index is 11.2. The fourth-order valence-corrected chi connectivity index (χ4v) is 3.59. The van der Waals surface area contributed by atoms with Crippen molar-refractivity contribution >= 4 is 7.82 Å². The smallest absolute Gasteiger partial charge is 0.203 e. The summed E-state index contributed by atoms with van der Waals surface area (Å²) in [6.07, 6.45) is 1.38. The Morgan fingerprint density at radius 3 is 2.00 bits per heavy atom. The molecule has 10 nitrogen and oxygen atoms in total. The number of benzene rings is 2. The van der Waals surface area contributed by atoms with Crippen molar-refractivity contribution in [3.63, 3.8) is 0 Å². The number of nitrogens with zero attached hydrogens (tertiary/aromatic N) is 1. The number of phosphoric ester groups is 1. The van der Waals surface area contributed by atoms with Crippen molar-refractivity contribution in [2.24, 2.45) is 0 Å². The van der Waals surface area contributed by atoms with Crippen molar-refractivity contribution in [3.05, 3.63) is 36.1 Å². The SMILES string of the molecule is COc1cc(-c2nocc2-c2cc(OC)c(OC)c(OP(=O)([O-])[O-])c2)cc(C)c1OC. The van der Waals surface area contributed by atoms with Crippen LogP contribution in [0.4, 0.5) is 0 Å². The lowest BCUT2D eigenvalue weighted by atomic mass is 9.99. The second-order valence-corrected chi connectivity index (χ2v) is 7.43. The molecule has 166 valence electrons. The highest BCUT2D eigenvalue weighted by Crippen LogP contribution is 2.47. The molecule has 3 rings (SSSR count). The van der Waals surface area contributed by atoms with Crippen molar-refractivity contribution in [1.29, 1.82) is 0 Å². The predicted molar refractivity (Wildman–Crippen MR) is 107 cm³/mol. The van der Waals surface area contributed by atoms with Gasteiger partial charge in [0, 0.05) is 11.1 Å². The van der Waals surface area contributed by atoms with Gasteiger partial charge in [-0.25, -0.2) is 0 Å². The minimum Gasteiger partial charge on any atom is -0.780 e. The van der Waals surface area contributed by atoms with Crippen LogP contribution in [0.15, 0.2) is 35.1 Å². The Morgan fingerprint density at radius 2 is 1.42 bits per heavy atom.